The van der Waals surface area contributed by atoms with Gasteiger partial charge >= 0.3 is 6.09 Å². The van der Waals surface area contributed by atoms with Crippen molar-refractivity contribution < 1.29 is 9.53 Å². The molecule has 4 nitrogen and oxygen atoms in total. The highest BCUT2D eigenvalue weighted by molar-refractivity contribution is 5.85. The maximum Gasteiger partial charge on any atom is 0.412 e. The summed E-state index contributed by atoms with van der Waals surface area (Å²) in [6, 6.07) is 11.0. The van der Waals surface area contributed by atoms with E-state index in [0.717, 1.165) is 11.1 Å². The standard InChI is InChI=1S/C18H18N2O2/c1-18(2,3)22-17(21)20-16-6-4-5-15(13-16)8-7-14-9-11-19-12-10-14/h4-6,9-13H,1-3H3,(H,20,21). The lowest BCUT2D eigenvalue weighted by molar-refractivity contribution is 0.0636. The van der Waals surface area contributed by atoms with Crippen molar-refractivity contribution in [3.63, 3.8) is 0 Å². The molecular weight excluding hydrogens is 276 g/mol. The maximum absolute atomic E-state index is 11.7. The van der Waals surface area contributed by atoms with Crippen LogP contribution in [0.5, 0.6) is 0 Å². The maximum atomic E-state index is 11.7. The Hall–Kier alpha value is -2.80. The SMILES string of the molecule is CC(C)(C)OC(=O)Nc1cccc(C#Cc2ccncc2)c1. The molecule has 0 atom stereocenters. The Morgan fingerprint density at radius 3 is 2.45 bits per heavy atom. The van der Waals surface area contributed by atoms with Crippen LogP contribution in [0.15, 0.2) is 48.8 Å². The summed E-state index contributed by atoms with van der Waals surface area (Å²) in [5.74, 6) is 6.10. The summed E-state index contributed by atoms with van der Waals surface area (Å²) in [5, 5.41) is 2.70. The van der Waals surface area contributed by atoms with Gasteiger partial charge in [0.2, 0.25) is 0 Å². The van der Waals surface area contributed by atoms with Gasteiger partial charge in [0.15, 0.2) is 0 Å². The molecule has 1 N–H and O–H groups in total. The van der Waals surface area contributed by atoms with E-state index in [1.165, 1.54) is 0 Å². The molecule has 2 aromatic rings. The highest BCUT2D eigenvalue weighted by atomic mass is 16.6. The van der Waals surface area contributed by atoms with Crippen molar-refractivity contribution in [2.45, 2.75) is 26.4 Å². The molecule has 1 heterocycles. The summed E-state index contributed by atoms with van der Waals surface area (Å²) in [5.41, 5.74) is 1.82. The number of rotatable bonds is 1. The van der Waals surface area contributed by atoms with Gasteiger partial charge < -0.3 is 4.74 Å². The van der Waals surface area contributed by atoms with E-state index in [1.807, 2.05) is 45.0 Å². The molecular formula is C18H18N2O2. The Balaban J connectivity index is 2.08. The Labute approximate surface area is 130 Å². The van der Waals surface area contributed by atoms with Crippen LogP contribution >= 0.6 is 0 Å². The van der Waals surface area contributed by atoms with Gasteiger partial charge in [-0.15, -0.1) is 0 Å². The van der Waals surface area contributed by atoms with Crippen LogP contribution in [0, 0.1) is 11.8 Å². The van der Waals surface area contributed by atoms with E-state index in [9.17, 15) is 4.79 Å². The highest BCUT2D eigenvalue weighted by Crippen LogP contribution is 2.13. The molecule has 0 saturated carbocycles. The molecule has 1 aromatic carbocycles. The van der Waals surface area contributed by atoms with Crippen LogP contribution in [0.4, 0.5) is 10.5 Å². The van der Waals surface area contributed by atoms with E-state index in [-0.39, 0.29) is 0 Å². The van der Waals surface area contributed by atoms with Crippen molar-refractivity contribution in [1.29, 1.82) is 0 Å². The number of hydrogen-bond donors (Lipinski definition) is 1. The average molecular weight is 294 g/mol. The first kappa shape index (κ1) is 15.6. The van der Waals surface area contributed by atoms with Crippen LogP contribution in [0.2, 0.25) is 0 Å². The number of aromatic nitrogens is 1. The summed E-state index contributed by atoms with van der Waals surface area (Å²) < 4.78 is 5.22. The van der Waals surface area contributed by atoms with Crippen molar-refractivity contribution in [3.8, 4) is 11.8 Å². The molecule has 0 aliphatic rings. The zero-order chi connectivity index (χ0) is 16.0. The molecule has 2 rings (SSSR count). The fraction of sp³-hybridized carbons (Fsp3) is 0.222. The summed E-state index contributed by atoms with van der Waals surface area (Å²) in [6.45, 7) is 5.47. The zero-order valence-electron chi connectivity index (χ0n) is 12.9. The number of nitrogens with zero attached hydrogens (tertiary/aromatic N) is 1. The summed E-state index contributed by atoms with van der Waals surface area (Å²) >= 11 is 0. The quantitative estimate of drug-likeness (QED) is 0.813. The van der Waals surface area contributed by atoms with E-state index in [0.29, 0.717) is 5.69 Å². The largest absolute Gasteiger partial charge is 0.444 e. The number of carbonyl (C=O) groups excluding carboxylic acids is 1. The second kappa shape index (κ2) is 6.77. The van der Waals surface area contributed by atoms with Crippen molar-refractivity contribution in [2.75, 3.05) is 5.32 Å². The van der Waals surface area contributed by atoms with E-state index < -0.39 is 11.7 Å². The zero-order valence-corrected chi connectivity index (χ0v) is 12.9. The predicted octanol–water partition coefficient (Wildman–Crippen LogP) is 3.83. The number of anilines is 1. The van der Waals surface area contributed by atoms with Crippen LogP contribution < -0.4 is 5.32 Å². The van der Waals surface area contributed by atoms with Gasteiger partial charge in [0.1, 0.15) is 5.60 Å². The minimum Gasteiger partial charge on any atom is -0.444 e. The van der Waals surface area contributed by atoms with Crippen molar-refractivity contribution in [1.82, 2.24) is 4.98 Å². The number of pyridine rings is 1. The average Bonchev–Trinajstić information content (AvgIpc) is 2.44. The molecule has 22 heavy (non-hydrogen) atoms. The van der Waals surface area contributed by atoms with Gasteiger partial charge in [-0.3, -0.25) is 10.3 Å². The molecule has 0 spiro atoms. The Morgan fingerprint density at radius 1 is 1.09 bits per heavy atom. The van der Waals surface area contributed by atoms with Gasteiger partial charge in [-0.2, -0.15) is 0 Å². The number of hydrogen-bond acceptors (Lipinski definition) is 3. The van der Waals surface area contributed by atoms with Crippen molar-refractivity contribution in [3.05, 3.63) is 59.9 Å². The second-order valence-corrected chi connectivity index (χ2v) is 5.69. The third-order valence-electron chi connectivity index (χ3n) is 2.54. The molecule has 0 unspecified atom stereocenters. The molecule has 4 heteroatoms. The molecule has 1 amide bonds. The first-order chi connectivity index (χ1) is 10.4. The molecule has 0 bridgehead atoms. The molecule has 0 saturated heterocycles. The Morgan fingerprint density at radius 2 is 1.77 bits per heavy atom. The van der Waals surface area contributed by atoms with Gasteiger partial charge in [-0.25, -0.2) is 4.79 Å². The van der Waals surface area contributed by atoms with Crippen molar-refractivity contribution in [2.24, 2.45) is 0 Å². The summed E-state index contributed by atoms with van der Waals surface area (Å²) in [7, 11) is 0. The smallest absolute Gasteiger partial charge is 0.412 e. The third-order valence-corrected chi connectivity index (χ3v) is 2.54. The van der Waals surface area contributed by atoms with Gasteiger partial charge in [0, 0.05) is 29.2 Å². The minimum atomic E-state index is -0.525. The second-order valence-electron chi connectivity index (χ2n) is 5.69. The monoisotopic (exact) mass is 294 g/mol. The lowest BCUT2D eigenvalue weighted by atomic mass is 10.2. The lowest BCUT2D eigenvalue weighted by Gasteiger charge is -2.19. The lowest BCUT2D eigenvalue weighted by Crippen LogP contribution is -2.27. The topological polar surface area (TPSA) is 51.2 Å². The molecule has 1 aromatic heterocycles. The molecule has 0 aliphatic heterocycles. The number of nitrogens with one attached hydrogen (secondary N) is 1. The Bertz CT molecular complexity index is 707. The number of ether oxygens (including phenoxy) is 1. The Kier molecular flexibility index (Phi) is 4.80. The summed E-state index contributed by atoms with van der Waals surface area (Å²) in [6.07, 6.45) is 2.92. The number of carbonyl (C=O) groups is 1. The molecule has 0 radical (unpaired) electrons. The number of amides is 1. The predicted molar refractivity (Wildman–Crippen MR) is 86.5 cm³/mol. The van der Waals surface area contributed by atoms with E-state index >= 15 is 0 Å². The fourth-order valence-electron chi connectivity index (χ4n) is 1.68. The third kappa shape index (κ3) is 5.29. The van der Waals surface area contributed by atoms with Crippen LogP contribution in [0.3, 0.4) is 0 Å². The van der Waals surface area contributed by atoms with Gasteiger partial charge in [-0.05, 0) is 51.1 Å². The molecule has 0 fully saturated rings. The van der Waals surface area contributed by atoms with E-state index in [1.54, 1.807) is 24.5 Å². The van der Waals surface area contributed by atoms with Crippen molar-refractivity contribution >= 4 is 11.8 Å². The van der Waals surface area contributed by atoms with E-state index in [2.05, 4.69) is 22.1 Å². The highest BCUT2D eigenvalue weighted by Gasteiger charge is 2.16. The van der Waals surface area contributed by atoms with E-state index in [4.69, 9.17) is 4.74 Å². The first-order valence-corrected chi connectivity index (χ1v) is 6.94. The van der Waals surface area contributed by atoms with Crippen LogP contribution in [-0.2, 0) is 4.74 Å². The minimum absolute atomic E-state index is 0.480. The first-order valence-electron chi connectivity index (χ1n) is 6.94. The fourth-order valence-corrected chi connectivity index (χ4v) is 1.68. The van der Waals surface area contributed by atoms with Gasteiger partial charge in [0.05, 0.1) is 0 Å². The number of benzene rings is 1. The molecule has 112 valence electrons. The summed E-state index contributed by atoms with van der Waals surface area (Å²) in [4.78, 5) is 15.7. The molecule has 0 aliphatic carbocycles. The normalized spacial score (nSPS) is 10.3. The van der Waals surface area contributed by atoms with Gasteiger partial charge in [-0.1, -0.05) is 17.9 Å². The van der Waals surface area contributed by atoms with Crippen LogP contribution in [0.1, 0.15) is 31.9 Å². The van der Waals surface area contributed by atoms with Crippen LogP contribution in [-0.4, -0.2) is 16.7 Å². The van der Waals surface area contributed by atoms with Gasteiger partial charge in [0.25, 0.3) is 0 Å². The van der Waals surface area contributed by atoms with Crippen LogP contribution in [0.25, 0.3) is 0 Å².